The van der Waals surface area contributed by atoms with Gasteiger partial charge in [-0.2, -0.15) is 0 Å². The average molecular weight is 398 g/mol. The number of aliphatic hydroxyl groups excluding tert-OH is 2. The molecule has 0 unspecified atom stereocenters. The summed E-state index contributed by atoms with van der Waals surface area (Å²) in [6.07, 6.45) is -7.22. The van der Waals surface area contributed by atoms with Gasteiger partial charge >= 0.3 is 118 Å². The van der Waals surface area contributed by atoms with Gasteiger partial charge in [-0.15, -0.1) is 0 Å². The van der Waals surface area contributed by atoms with Gasteiger partial charge in [-0.05, 0) is 0 Å². The van der Waals surface area contributed by atoms with Crippen LogP contribution in [0, 0.1) is 0 Å². The molecule has 1 aliphatic rings. The smallest absolute Gasteiger partial charge is 0.790 e. The Labute approximate surface area is 214 Å². The second kappa shape index (κ2) is 14.1. The average Bonchev–Trinajstić information content (AvgIpc) is 2.40. The third kappa shape index (κ3) is 13.3. The Morgan fingerprint density at radius 2 is 1.36 bits per heavy atom. The first kappa shape index (κ1) is 33.7. The van der Waals surface area contributed by atoms with Crippen LogP contribution in [0.4, 0.5) is 0 Å². The molecule has 0 spiro atoms. The predicted octanol–water partition coefficient (Wildman–Crippen LogP) is -16.9. The molecule has 0 aliphatic carbocycles. The second-order valence-corrected chi connectivity index (χ2v) is 5.58. The third-order valence-electron chi connectivity index (χ3n) is 1.95. The fourth-order valence-corrected chi connectivity index (χ4v) is 1.99. The fourth-order valence-electron chi connectivity index (χ4n) is 1.23. The number of ether oxygens (including phenoxy) is 1. The van der Waals surface area contributed by atoms with Crippen LogP contribution < -0.4 is 138 Å². The molecule has 0 bridgehead atoms. The molecule has 11 nitrogen and oxygen atoms in total. The predicted molar refractivity (Wildman–Crippen MR) is 42.9 cm³/mol. The monoisotopic (exact) mass is 398 g/mol. The number of phosphoric ester groups is 2. The molecule has 4 atom stereocenters. The molecule has 0 amide bonds. The number of phosphoric acid groups is 2. The largest absolute Gasteiger partial charge is 1.00 e. The van der Waals surface area contributed by atoms with E-state index in [-0.39, 0.29) is 118 Å². The topological polar surface area (TPSA) is 195 Å². The van der Waals surface area contributed by atoms with E-state index in [9.17, 15) is 38.9 Å². The van der Waals surface area contributed by atoms with Crippen LogP contribution >= 0.6 is 15.6 Å². The SMILES string of the molecule is O=P([O-])([O-])OC[C@H]1O[C@@H](OP(=O)([O-])[O-])[C@H](O)[C@@H]1O.[Na+].[Na+].[Na+].[Na+]. The van der Waals surface area contributed by atoms with Crippen molar-refractivity contribution in [3.05, 3.63) is 0 Å². The summed E-state index contributed by atoms with van der Waals surface area (Å²) >= 11 is 0. The van der Waals surface area contributed by atoms with Gasteiger partial charge in [0, 0.05) is 0 Å². The van der Waals surface area contributed by atoms with Gasteiger partial charge in [0.1, 0.15) is 18.3 Å². The molecule has 1 fully saturated rings. The van der Waals surface area contributed by atoms with E-state index in [1.54, 1.807) is 0 Å². The number of hydrogen-bond acceptors (Lipinski definition) is 11. The molecule has 1 aliphatic heterocycles. The number of aliphatic hydroxyl groups is 2. The first-order valence-corrected chi connectivity index (χ1v) is 7.30. The Morgan fingerprint density at radius 1 is 0.909 bits per heavy atom. The van der Waals surface area contributed by atoms with E-state index in [2.05, 4.69) is 13.8 Å². The van der Waals surface area contributed by atoms with Crippen LogP contribution in [0.1, 0.15) is 0 Å². The van der Waals surface area contributed by atoms with Crippen molar-refractivity contribution in [2.24, 2.45) is 0 Å². The summed E-state index contributed by atoms with van der Waals surface area (Å²) in [4.78, 5) is 40.9. The number of hydrogen-bond donors (Lipinski definition) is 2. The molecule has 1 rings (SSSR count). The van der Waals surface area contributed by atoms with Crippen molar-refractivity contribution < 1.29 is 171 Å². The van der Waals surface area contributed by atoms with Crippen molar-refractivity contribution in [1.82, 2.24) is 0 Å². The standard InChI is InChI=1S/C5H12O11P2.4Na/c6-3-2(1-14-17(8,9)10)15-5(4(3)7)16-18(11,12)13;;;;/h2-7H,1H2,(H2,8,9,10)(H2,11,12,13);;;;/q;4*+1/p-4/t2-,3-,4-,5+;;;;/m1..../s1. The van der Waals surface area contributed by atoms with Gasteiger partial charge < -0.3 is 52.7 Å². The van der Waals surface area contributed by atoms with Crippen molar-refractivity contribution in [1.29, 1.82) is 0 Å². The summed E-state index contributed by atoms with van der Waals surface area (Å²) in [5, 5.41) is 18.5. The second-order valence-electron chi connectivity index (χ2n) is 3.32. The molecule has 0 radical (unpaired) electrons. The summed E-state index contributed by atoms with van der Waals surface area (Å²) in [6, 6.07) is 0. The van der Waals surface area contributed by atoms with E-state index in [1.807, 2.05) is 0 Å². The van der Waals surface area contributed by atoms with Crippen molar-refractivity contribution in [2.45, 2.75) is 24.6 Å². The summed E-state index contributed by atoms with van der Waals surface area (Å²) < 4.78 is 32.5. The Bertz CT molecular complexity index is 387. The minimum Gasteiger partial charge on any atom is -0.790 e. The Kier molecular flexibility index (Phi) is 21.7. The van der Waals surface area contributed by atoms with E-state index >= 15 is 0 Å². The third-order valence-corrected chi connectivity index (χ3v) is 2.88. The molecular formula is C5H8Na4O11P2. The fraction of sp³-hybridized carbons (Fsp3) is 1.00. The van der Waals surface area contributed by atoms with Gasteiger partial charge in [0.15, 0.2) is 6.29 Å². The van der Waals surface area contributed by atoms with E-state index in [0.717, 1.165) is 0 Å². The molecule has 0 aromatic rings. The maximum atomic E-state index is 10.3. The molecular weight excluding hydrogens is 390 g/mol. The summed E-state index contributed by atoms with van der Waals surface area (Å²) in [6.45, 7) is -0.954. The Morgan fingerprint density at radius 3 is 1.73 bits per heavy atom. The molecule has 0 saturated carbocycles. The maximum Gasteiger partial charge on any atom is 1.00 e. The van der Waals surface area contributed by atoms with Crippen molar-refractivity contribution in [2.75, 3.05) is 6.61 Å². The maximum absolute atomic E-state index is 10.3. The van der Waals surface area contributed by atoms with E-state index in [0.29, 0.717) is 0 Å². The van der Waals surface area contributed by atoms with Crippen LogP contribution in [0.3, 0.4) is 0 Å². The minimum absolute atomic E-state index is 0. The van der Waals surface area contributed by atoms with E-state index in [4.69, 9.17) is 0 Å². The molecule has 108 valence electrons. The Balaban J connectivity index is -0.000000405. The van der Waals surface area contributed by atoms with Gasteiger partial charge in [0.05, 0.1) is 22.3 Å². The van der Waals surface area contributed by atoms with Gasteiger partial charge in [0.2, 0.25) is 0 Å². The zero-order chi connectivity index (χ0) is 14.1. The number of rotatable bonds is 5. The normalized spacial score (nSPS) is 27.7. The molecule has 1 heterocycles. The van der Waals surface area contributed by atoms with Crippen LogP contribution in [0.2, 0.25) is 0 Å². The first-order chi connectivity index (χ1) is 7.99. The minimum atomic E-state index is -5.47. The van der Waals surface area contributed by atoms with Crippen LogP contribution in [0.25, 0.3) is 0 Å². The zero-order valence-electron chi connectivity index (χ0n) is 12.5. The molecule has 17 heteroatoms. The molecule has 1 saturated heterocycles. The van der Waals surface area contributed by atoms with Crippen LogP contribution in [-0.2, 0) is 22.9 Å². The van der Waals surface area contributed by atoms with Crippen molar-refractivity contribution in [3.63, 3.8) is 0 Å². The molecule has 0 aromatic heterocycles. The molecule has 2 N–H and O–H groups in total. The summed E-state index contributed by atoms with van der Waals surface area (Å²) in [5.74, 6) is 0. The van der Waals surface area contributed by atoms with E-state index < -0.39 is 46.9 Å². The van der Waals surface area contributed by atoms with Crippen molar-refractivity contribution >= 4 is 15.6 Å². The first-order valence-electron chi connectivity index (χ1n) is 4.38. The molecule has 0 aromatic carbocycles. The van der Waals surface area contributed by atoms with Crippen LogP contribution in [-0.4, -0.2) is 41.4 Å². The van der Waals surface area contributed by atoms with E-state index in [1.165, 1.54) is 0 Å². The van der Waals surface area contributed by atoms with Crippen LogP contribution in [0.5, 0.6) is 0 Å². The summed E-state index contributed by atoms with van der Waals surface area (Å²) in [7, 11) is -10.8. The molecule has 22 heavy (non-hydrogen) atoms. The van der Waals surface area contributed by atoms with Crippen molar-refractivity contribution in [3.8, 4) is 0 Å². The quantitative estimate of drug-likeness (QED) is 0.330. The van der Waals surface area contributed by atoms with Gasteiger partial charge in [0.25, 0.3) is 0 Å². The zero-order valence-corrected chi connectivity index (χ0v) is 22.3. The van der Waals surface area contributed by atoms with Crippen LogP contribution in [0.15, 0.2) is 0 Å². The van der Waals surface area contributed by atoms with Gasteiger partial charge in [-0.3, -0.25) is 0 Å². The Hall–Kier alpha value is 4.10. The summed E-state index contributed by atoms with van der Waals surface area (Å²) in [5.41, 5.74) is 0. The van der Waals surface area contributed by atoms with Gasteiger partial charge in [-0.25, -0.2) is 0 Å². The van der Waals surface area contributed by atoms with Gasteiger partial charge in [-0.1, -0.05) is 0 Å².